The maximum Gasteiger partial charge on any atom is 0.138 e. The van der Waals surface area contributed by atoms with Gasteiger partial charge in [-0.05, 0) is 80.3 Å². The van der Waals surface area contributed by atoms with Gasteiger partial charge in [-0.1, -0.05) is 24.3 Å². The first-order chi connectivity index (χ1) is 20.1. The van der Waals surface area contributed by atoms with Gasteiger partial charge in [-0.3, -0.25) is 9.83 Å². The second-order valence-corrected chi connectivity index (χ2v) is 10.3. The Kier molecular flexibility index (Phi) is 8.30. The maximum absolute atomic E-state index is 13.6. The summed E-state index contributed by atoms with van der Waals surface area (Å²) in [5, 5.41) is 2.06. The Balaban J connectivity index is 1.06. The molecular weight excluding hydrogens is 520 g/mol. The molecular formula is C33H33F2N5O. The number of hydrogen-bond acceptors (Lipinski definition) is 5. The number of nitrogens with zero attached hydrogens (tertiary/aromatic N) is 4. The summed E-state index contributed by atoms with van der Waals surface area (Å²) in [6, 6.07) is 20.9. The molecule has 3 heterocycles. The highest BCUT2D eigenvalue weighted by atomic mass is 19.1. The fourth-order valence-electron chi connectivity index (χ4n) is 5.35. The highest BCUT2D eigenvalue weighted by molar-refractivity contribution is 5.78. The van der Waals surface area contributed by atoms with Crippen molar-refractivity contribution in [1.29, 1.82) is 0 Å². The van der Waals surface area contributed by atoms with Crippen molar-refractivity contribution in [3.63, 3.8) is 0 Å². The van der Waals surface area contributed by atoms with E-state index in [4.69, 9.17) is 9.82 Å². The highest BCUT2D eigenvalue weighted by Gasteiger charge is 2.22. The fourth-order valence-corrected chi connectivity index (χ4v) is 5.35. The molecule has 41 heavy (non-hydrogen) atoms. The highest BCUT2D eigenvalue weighted by Crippen LogP contribution is 2.31. The lowest BCUT2D eigenvalue weighted by atomic mass is 10.0. The third-order valence-electron chi connectivity index (χ3n) is 7.48. The summed E-state index contributed by atoms with van der Waals surface area (Å²) in [7, 11) is 0. The van der Waals surface area contributed by atoms with Crippen LogP contribution >= 0.6 is 0 Å². The fraction of sp³-hybridized carbons (Fsp3) is 0.273. The molecule has 8 heteroatoms. The standard InChI is InChI=1S/C33H33F2N5O/c34-26-14-10-24(11-15-26)32-30(37-33(38-32)25-12-16-27(35)17-13-25)8-5-23-41-40-21-19-39(20-22-40)31-9-3-4-18-36-29-7-2-1-6-28(29)31/h1-2,6-7,9-18H,3-5,8,19-23H2,(H,37,38). The minimum Gasteiger partial charge on any atom is -0.368 e. The van der Waals surface area contributed by atoms with Crippen molar-refractivity contribution in [1.82, 2.24) is 19.9 Å². The van der Waals surface area contributed by atoms with Crippen LogP contribution in [0.15, 0.2) is 83.9 Å². The second-order valence-electron chi connectivity index (χ2n) is 10.3. The number of hydroxylamine groups is 2. The van der Waals surface area contributed by atoms with Gasteiger partial charge in [-0.25, -0.2) is 13.8 Å². The van der Waals surface area contributed by atoms with Crippen molar-refractivity contribution in [3.05, 3.63) is 102 Å². The van der Waals surface area contributed by atoms with E-state index in [9.17, 15) is 8.78 Å². The average Bonchev–Trinajstić information content (AvgIpc) is 3.41. The summed E-state index contributed by atoms with van der Waals surface area (Å²) in [5.74, 6) is 0.0754. The molecule has 2 aliphatic heterocycles. The van der Waals surface area contributed by atoms with Crippen molar-refractivity contribution >= 4 is 17.6 Å². The van der Waals surface area contributed by atoms with Crippen LogP contribution in [0.5, 0.6) is 0 Å². The van der Waals surface area contributed by atoms with E-state index in [0.717, 1.165) is 73.6 Å². The lowest BCUT2D eigenvalue weighted by molar-refractivity contribution is -0.173. The monoisotopic (exact) mass is 553 g/mol. The zero-order chi connectivity index (χ0) is 28.0. The number of piperazine rings is 1. The van der Waals surface area contributed by atoms with Gasteiger partial charge >= 0.3 is 0 Å². The molecule has 3 aromatic carbocycles. The van der Waals surface area contributed by atoms with Crippen LogP contribution < -0.4 is 0 Å². The number of hydrogen-bond donors (Lipinski definition) is 1. The van der Waals surface area contributed by atoms with Crippen LogP contribution in [0.1, 0.15) is 30.5 Å². The lowest BCUT2D eigenvalue weighted by Gasteiger charge is -2.37. The van der Waals surface area contributed by atoms with Crippen molar-refractivity contribution in [3.8, 4) is 22.6 Å². The summed E-state index contributed by atoms with van der Waals surface area (Å²) in [5.41, 5.74) is 6.83. The molecule has 1 saturated heterocycles. The summed E-state index contributed by atoms with van der Waals surface area (Å²) < 4.78 is 27.0. The zero-order valence-corrected chi connectivity index (χ0v) is 22.9. The van der Waals surface area contributed by atoms with E-state index in [1.54, 1.807) is 24.3 Å². The quantitative estimate of drug-likeness (QED) is 0.238. The zero-order valence-electron chi connectivity index (χ0n) is 22.9. The molecule has 6 nitrogen and oxygen atoms in total. The van der Waals surface area contributed by atoms with Crippen LogP contribution in [0.4, 0.5) is 14.5 Å². The number of aromatic nitrogens is 2. The SMILES string of the molecule is Fc1ccc(-c2nc(-c3ccc(F)cc3)c(CCCON3CCN(C4=CCCC=Nc5ccccc54)CC3)[nH]2)cc1. The van der Waals surface area contributed by atoms with Gasteiger partial charge in [0.15, 0.2) is 0 Å². The number of nitrogens with one attached hydrogen (secondary N) is 1. The van der Waals surface area contributed by atoms with Crippen LogP contribution in [-0.4, -0.2) is 58.9 Å². The Hall–Kier alpha value is -4.14. The first kappa shape index (κ1) is 27.1. The van der Waals surface area contributed by atoms with Gasteiger partial charge in [0.2, 0.25) is 0 Å². The summed E-state index contributed by atoms with van der Waals surface area (Å²) in [6.07, 6.45) is 7.78. The first-order valence-corrected chi connectivity index (χ1v) is 14.2. The molecule has 1 N–H and O–H groups in total. The molecule has 0 amide bonds. The number of aromatic amines is 1. The van der Waals surface area contributed by atoms with E-state index < -0.39 is 0 Å². The Morgan fingerprint density at radius 3 is 2.27 bits per heavy atom. The van der Waals surface area contributed by atoms with E-state index in [2.05, 4.69) is 44.2 Å². The van der Waals surface area contributed by atoms with Crippen molar-refractivity contribution in [2.45, 2.75) is 25.7 Å². The maximum atomic E-state index is 13.6. The molecule has 0 radical (unpaired) electrons. The third-order valence-corrected chi connectivity index (χ3v) is 7.48. The molecule has 0 spiro atoms. The molecule has 1 fully saturated rings. The normalized spacial score (nSPS) is 15.8. The second kappa shape index (κ2) is 12.6. The van der Waals surface area contributed by atoms with Crippen LogP contribution in [0.3, 0.4) is 0 Å². The van der Waals surface area contributed by atoms with E-state index in [1.165, 1.54) is 35.5 Å². The van der Waals surface area contributed by atoms with Crippen LogP contribution in [-0.2, 0) is 11.3 Å². The minimum atomic E-state index is -0.294. The van der Waals surface area contributed by atoms with Crippen LogP contribution in [0.25, 0.3) is 28.3 Å². The van der Waals surface area contributed by atoms with Crippen LogP contribution in [0.2, 0.25) is 0 Å². The van der Waals surface area contributed by atoms with E-state index in [-0.39, 0.29) is 11.6 Å². The van der Waals surface area contributed by atoms with E-state index >= 15 is 0 Å². The number of allylic oxidation sites excluding steroid dienone is 1. The first-order valence-electron chi connectivity index (χ1n) is 14.2. The molecule has 1 aromatic heterocycles. The Morgan fingerprint density at radius 1 is 0.805 bits per heavy atom. The van der Waals surface area contributed by atoms with Crippen LogP contribution in [0, 0.1) is 11.6 Å². The van der Waals surface area contributed by atoms with Gasteiger partial charge in [0, 0.05) is 60.5 Å². The topological polar surface area (TPSA) is 56.8 Å². The molecule has 210 valence electrons. The molecule has 0 saturated carbocycles. The Morgan fingerprint density at radius 2 is 1.51 bits per heavy atom. The number of H-pyrrole nitrogens is 1. The molecule has 4 aromatic rings. The average molecular weight is 554 g/mol. The molecule has 0 aliphatic carbocycles. The smallest absolute Gasteiger partial charge is 0.138 e. The Labute approximate surface area is 239 Å². The summed E-state index contributed by atoms with van der Waals surface area (Å²) in [6.45, 7) is 4.00. The number of fused-ring (bicyclic) bond motifs is 1. The predicted octanol–water partition coefficient (Wildman–Crippen LogP) is 7.04. The number of rotatable bonds is 8. The predicted molar refractivity (Wildman–Crippen MR) is 159 cm³/mol. The number of imidazole rings is 1. The summed E-state index contributed by atoms with van der Waals surface area (Å²) in [4.78, 5) is 21.5. The number of aliphatic imine (C=N–C) groups is 1. The van der Waals surface area contributed by atoms with E-state index in [1.807, 2.05) is 12.3 Å². The molecule has 6 rings (SSSR count). The molecule has 0 bridgehead atoms. The van der Waals surface area contributed by atoms with Gasteiger partial charge in [0.05, 0.1) is 18.0 Å². The Bertz CT molecular complexity index is 1520. The number of aryl methyl sites for hydroxylation is 1. The van der Waals surface area contributed by atoms with Crippen molar-refractivity contribution in [2.75, 3.05) is 32.8 Å². The van der Waals surface area contributed by atoms with Gasteiger partial charge in [0.25, 0.3) is 0 Å². The van der Waals surface area contributed by atoms with E-state index in [0.29, 0.717) is 18.9 Å². The largest absolute Gasteiger partial charge is 0.368 e. The minimum absolute atomic E-state index is 0.290. The molecule has 0 unspecified atom stereocenters. The molecule has 0 atom stereocenters. The van der Waals surface area contributed by atoms with Gasteiger partial charge in [-0.15, -0.1) is 0 Å². The lowest BCUT2D eigenvalue weighted by Crippen LogP contribution is -2.45. The number of benzene rings is 3. The summed E-state index contributed by atoms with van der Waals surface area (Å²) >= 11 is 0. The van der Waals surface area contributed by atoms with Crippen molar-refractivity contribution in [2.24, 2.45) is 4.99 Å². The van der Waals surface area contributed by atoms with Gasteiger partial charge < -0.3 is 9.88 Å². The number of para-hydroxylation sites is 1. The third kappa shape index (κ3) is 6.45. The van der Waals surface area contributed by atoms with Gasteiger partial charge in [-0.2, -0.15) is 5.06 Å². The molecule has 2 aliphatic rings. The number of halogens is 2. The van der Waals surface area contributed by atoms with Gasteiger partial charge in [0.1, 0.15) is 17.5 Å². The van der Waals surface area contributed by atoms with Crippen molar-refractivity contribution < 1.29 is 13.6 Å².